The number of nitrogens with zero attached hydrogens (tertiary/aromatic N) is 8. The molecule has 18 nitrogen and oxygen atoms in total. The molecule has 0 amide bonds. The molecule has 5 atom stereocenters. The molecule has 0 spiro atoms. The maximum absolute atomic E-state index is 11.6. The van der Waals surface area contributed by atoms with E-state index in [-0.39, 0.29) is 29.3 Å². The van der Waals surface area contributed by atoms with Gasteiger partial charge in [-0.2, -0.15) is 0 Å². The Bertz CT molecular complexity index is 3840. The highest BCUT2D eigenvalue weighted by atomic mass is 35.5. The summed E-state index contributed by atoms with van der Waals surface area (Å²) in [6.45, 7) is 10.3. The van der Waals surface area contributed by atoms with Crippen LogP contribution >= 0.6 is 23.2 Å². The van der Waals surface area contributed by atoms with Crippen molar-refractivity contribution < 1.29 is 48.2 Å². The highest BCUT2D eigenvalue weighted by Crippen LogP contribution is 2.50. The van der Waals surface area contributed by atoms with Crippen LogP contribution < -0.4 is 18.9 Å². The van der Waals surface area contributed by atoms with Gasteiger partial charge < -0.3 is 52.7 Å². The van der Waals surface area contributed by atoms with E-state index in [1.54, 1.807) is 60.9 Å². The van der Waals surface area contributed by atoms with Gasteiger partial charge in [-0.05, 0) is 110 Å². The molecule has 82 heavy (non-hydrogen) atoms. The van der Waals surface area contributed by atoms with Gasteiger partial charge in [-0.15, -0.1) is 0 Å². The van der Waals surface area contributed by atoms with Gasteiger partial charge >= 0.3 is 11.9 Å². The van der Waals surface area contributed by atoms with Crippen LogP contribution in [0.2, 0.25) is 10.0 Å². The maximum Gasteiger partial charge on any atom is 0.335 e. The summed E-state index contributed by atoms with van der Waals surface area (Å²) in [6, 6.07) is 29.4. The van der Waals surface area contributed by atoms with Crippen molar-refractivity contribution in [3.63, 3.8) is 0 Å². The first-order chi connectivity index (χ1) is 39.7. The zero-order chi connectivity index (χ0) is 56.3. The molecule has 2 N–H and O–H groups in total. The van der Waals surface area contributed by atoms with Gasteiger partial charge in [-0.1, -0.05) is 59.6 Å². The van der Waals surface area contributed by atoms with Gasteiger partial charge in [0, 0.05) is 76.1 Å². The number of rotatable bonds is 14. The number of carbonyl (C=O) groups is 2. The molecule has 0 saturated carbocycles. The second-order valence-electron chi connectivity index (χ2n) is 21.6. The number of carboxylic acids is 2. The predicted octanol–water partition coefficient (Wildman–Crippen LogP) is 11.2. The van der Waals surface area contributed by atoms with Crippen LogP contribution in [0.5, 0.6) is 23.0 Å². The standard InChI is InChI=1S/2C31H29ClN4O5/c2*1-31(27-8-6-21(32)16-33-27)40-26-4-2-3-23(29(26)41-31)19-9-12-35(13-10-19)18-28-34-24-7-5-20(30(37)38)15-25(24)36(28)17-22-11-14-39-22/h2-9,15-16,22H,10-14,17-18H2,1H3,(H,37,38);2-9,12,15-16,19,22H,10-11,13-14,17-18H2,1H3,(H,37,38)/t22-,31-;19?,22-,31-/m00/s1. The fourth-order valence-electron chi connectivity index (χ4n) is 11.4. The van der Waals surface area contributed by atoms with Crippen LogP contribution in [-0.4, -0.2) is 106 Å². The van der Waals surface area contributed by atoms with Crippen molar-refractivity contribution in [1.29, 1.82) is 0 Å². The van der Waals surface area contributed by atoms with Crippen molar-refractivity contribution in [2.24, 2.45) is 0 Å². The maximum atomic E-state index is 11.6. The second-order valence-corrected chi connectivity index (χ2v) is 22.5. The summed E-state index contributed by atoms with van der Waals surface area (Å²) in [5.41, 5.74) is 8.37. The van der Waals surface area contributed by atoms with Gasteiger partial charge in [0.15, 0.2) is 23.0 Å². The number of halogens is 2. The minimum Gasteiger partial charge on any atom is -0.478 e. The number of fused-ring (bicyclic) bond motifs is 4. The van der Waals surface area contributed by atoms with E-state index in [0.717, 1.165) is 115 Å². The van der Waals surface area contributed by atoms with Crippen molar-refractivity contribution in [1.82, 2.24) is 38.9 Å². The van der Waals surface area contributed by atoms with Gasteiger partial charge in [0.1, 0.15) is 23.0 Å². The van der Waals surface area contributed by atoms with Crippen LogP contribution in [0.25, 0.3) is 27.6 Å². The van der Waals surface area contributed by atoms with Crippen molar-refractivity contribution >= 4 is 62.8 Å². The fraction of sp³-hybridized carbons (Fsp3) is 0.323. The number of pyridine rings is 2. The number of para-hydroxylation sites is 2. The molecule has 2 saturated heterocycles. The molecule has 420 valence electrons. The fourth-order valence-corrected chi connectivity index (χ4v) is 11.6. The minimum atomic E-state index is -1.03. The molecule has 2 fully saturated rings. The number of hydrogen-bond donors (Lipinski definition) is 2. The largest absolute Gasteiger partial charge is 0.478 e. The molecular formula is C62H58Cl2N8O10. The zero-order valence-corrected chi connectivity index (χ0v) is 46.6. The van der Waals surface area contributed by atoms with Crippen LogP contribution in [-0.2, 0) is 47.2 Å². The summed E-state index contributed by atoms with van der Waals surface area (Å²) in [4.78, 5) is 46.4. The molecule has 6 aliphatic rings. The molecule has 20 heteroatoms. The Morgan fingerprint density at radius 3 is 1.72 bits per heavy atom. The molecule has 8 aromatic rings. The summed E-state index contributed by atoms with van der Waals surface area (Å²) in [6.07, 6.45) is 13.7. The first-order valence-electron chi connectivity index (χ1n) is 27.5. The summed E-state index contributed by atoms with van der Waals surface area (Å²) in [5.74, 6) is 0.871. The van der Waals surface area contributed by atoms with Gasteiger partial charge in [0.2, 0.25) is 0 Å². The van der Waals surface area contributed by atoms with Crippen LogP contribution in [0.3, 0.4) is 0 Å². The lowest BCUT2D eigenvalue weighted by Crippen LogP contribution is -2.33. The second kappa shape index (κ2) is 21.7. The third kappa shape index (κ3) is 10.5. The van der Waals surface area contributed by atoms with E-state index >= 15 is 0 Å². The molecule has 6 aliphatic heterocycles. The Balaban J connectivity index is 0.000000154. The first-order valence-corrected chi connectivity index (χ1v) is 28.3. The Morgan fingerprint density at radius 2 is 1.22 bits per heavy atom. The molecule has 14 rings (SSSR count). The van der Waals surface area contributed by atoms with Crippen molar-refractivity contribution in [2.45, 2.75) is 95.4 Å². The topological polar surface area (TPSA) is 198 Å². The molecular weight excluding hydrogens is 1090 g/mol. The number of imidazole rings is 2. The normalized spacial score (nSPS) is 22.6. The number of carboxylic acid groups (broad SMARTS) is 2. The third-order valence-electron chi connectivity index (χ3n) is 16.1. The molecule has 0 radical (unpaired) electrons. The quantitative estimate of drug-likeness (QED) is 0.104. The summed E-state index contributed by atoms with van der Waals surface area (Å²) < 4.78 is 41.0. The Labute approximate surface area is 482 Å². The molecule has 1 unspecified atom stereocenters. The Hall–Kier alpha value is -8.00. The van der Waals surface area contributed by atoms with Gasteiger partial charge in [0.05, 0.1) is 81.6 Å². The lowest BCUT2D eigenvalue weighted by Gasteiger charge is -2.30. The molecule has 4 aromatic heterocycles. The highest BCUT2D eigenvalue weighted by molar-refractivity contribution is 6.30. The van der Waals surface area contributed by atoms with E-state index in [1.807, 2.05) is 50.2 Å². The van der Waals surface area contributed by atoms with E-state index in [9.17, 15) is 19.8 Å². The van der Waals surface area contributed by atoms with Crippen LogP contribution in [0.15, 0.2) is 128 Å². The number of aromatic carboxylic acids is 2. The van der Waals surface area contributed by atoms with Crippen molar-refractivity contribution in [2.75, 3.05) is 32.8 Å². The average molecular weight is 1150 g/mol. The summed E-state index contributed by atoms with van der Waals surface area (Å²) in [5, 5.41) is 20.2. The van der Waals surface area contributed by atoms with Crippen LogP contribution in [0, 0.1) is 0 Å². The highest BCUT2D eigenvalue weighted by Gasteiger charge is 2.43. The lowest BCUT2D eigenvalue weighted by molar-refractivity contribution is -0.0724. The van der Waals surface area contributed by atoms with E-state index < -0.39 is 23.5 Å². The number of aromatic nitrogens is 6. The number of benzene rings is 4. The zero-order valence-electron chi connectivity index (χ0n) is 45.0. The monoisotopic (exact) mass is 1140 g/mol. The molecule has 0 aliphatic carbocycles. The Kier molecular flexibility index (Phi) is 14.1. The molecule has 4 aromatic carbocycles. The average Bonchev–Trinajstić information content (AvgIpc) is 3.15. The predicted molar refractivity (Wildman–Crippen MR) is 305 cm³/mol. The number of hydrogen-bond acceptors (Lipinski definition) is 14. The SMILES string of the molecule is C[C@]1(c2ccc(Cl)cn2)Oc2cccc(C3=CCN(Cc4nc5ccc(C(=O)O)cc5n4C[C@@H]4CCO4)CC3)c2O1.C[C@]1(c2ccc(Cl)cn2)Oc2cccc(C3C=CN(Cc4nc5ccc(C(=O)O)cc5n4C[C@@H]4CCO4)CC3)c2O1. The van der Waals surface area contributed by atoms with Gasteiger partial charge in [-0.25, -0.2) is 19.6 Å². The van der Waals surface area contributed by atoms with Crippen molar-refractivity contribution in [3.05, 3.63) is 183 Å². The van der Waals surface area contributed by atoms with Crippen LogP contribution in [0.4, 0.5) is 0 Å². The van der Waals surface area contributed by atoms with Gasteiger partial charge in [0.25, 0.3) is 11.6 Å². The van der Waals surface area contributed by atoms with Crippen LogP contribution in [0.1, 0.15) is 100 Å². The summed E-state index contributed by atoms with van der Waals surface area (Å²) >= 11 is 12.1. The third-order valence-corrected chi connectivity index (χ3v) is 16.5. The Morgan fingerprint density at radius 1 is 0.659 bits per heavy atom. The molecule has 10 heterocycles. The van der Waals surface area contributed by atoms with E-state index in [1.165, 1.54) is 5.57 Å². The lowest BCUT2D eigenvalue weighted by atomic mass is 9.92. The minimum absolute atomic E-state index is 0.122. The number of ether oxygens (including phenoxy) is 6. The smallest absolute Gasteiger partial charge is 0.335 e. The van der Waals surface area contributed by atoms with Crippen molar-refractivity contribution in [3.8, 4) is 23.0 Å². The van der Waals surface area contributed by atoms with E-state index in [4.69, 9.17) is 61.6 Å². The van der Waals surface area contributed by atoms with E-state index in [2.05, 4.69) is 59.4 Å². The number of allylic oxidation sites excluding steroid dienone is 1. The van der Waals surface area contributed by atoms with Gasteiger partial charge in [-0.3, -0.25) is 14.9 Å². The summed E-state index contributed by atoms with van der Waals surface area (Å²) in [7, 11) is 0. The molecule has 0 bridgehead atoms. The van der Waals surface area contributed by atoms with E-state index in [0.29, 0.717) is 59.1 Å². The first kappa shape index (κ1) is 53.3.